The number of amides is 1. The van der Waals surface area contributed by atoms with Gasteiger partial charge in [0.25, 0.3) is 5.91 Å². The Balaban J connectivity index is 1.52. The molecule has 3 rings (SSSR count). The number of nitrogens with zero attached hydrogens (tertiary/aromatic N) is 2. The third-order valence-electron chi connectivity index (χ3n) is 3.48. The maximum atomic E-state index is 12.2. The summed E-state index contributed by atoms with van der Waals surface area (Å²) >= 11 is 0. The lowest BCUT2D eigenvalue weighted by atomic mass is 10.2. The third kappa shape index (κ3) is 4.46. The largest absolute Gasteiger partial charge is 0.457 e. The molecule has 1 heterocycles. The van der Waals surface area contributed by atoms with Crippen LogP contribution in [0.4, 0.5) is 0 Å². The summed E-state index contributed by atoms with van der Waals surface area (Å²) in [7, 11) is 0. The number of rotatable bonds is 7. The Morgan fingerprint density at radius 3 is 2.67 bits per heavy atom. The van der Waals surface area contributed by atoms with E-state index < -0.39 is 0 Å². The van der Waals surface area contributed by atoms with E-state index in [9.17, 15) is 4.79 Å². The minimum absolute atomic E-state index is 0.103. The predicted molar refractivity (Wildman–Crippen MR) is 92.1 cm³/mol. The fourth-order valence-electron chi connectivity index (χ4n) is 2.30. The van der Waals surface area contributed by atoms with Crippen molar-refractivity contribution in [3.05, 3.63) is 78.6 Å². The summed E-state index contributed by atoms with van der Waals surface area (Å²) in [6.07, 6.45) is 4.48. The van der Waals surface area contributed by atoms with Gasteiger partial charge in [-0.25, -0.2) is 0 Å². The summed E-state index contributed by atoms with van der Waals surface area (Å²) in [5, 5.41) is 7.05. The van der Waals surface area contributed by atoms with E-state index in [4.69, 9.17) is 4.74 Å². The van der Waals surface area contributed by atoms with Crippen molar-refractivity contribution in [3.63, 3.8) is 0 Å². The molecule has 0 saturated heterocycles. The van der Waals surface area contributed by atoms with Crippen LogP contribution in [0.25, 0.3) is 0 Å². The molecule has 0 saturated carbocycles. The second kappa shape index (κ2) is 7.97. The lowest BCUT2D eigenvalue weighted by Crippen LogP contribution is -2.25. The number of nitrogens with one attached hydrogen (secondary N) is 1. The van der Waals surface area contributed by atoms with E-state index in [1.165, 1.54) is 0 Å². The molecule has 1 N–H and O–H groups in total. The summed E-state index contributed by atoms with van der Waals surface area (Å²) in [5.41, 5.74) is 0.586. The van der Waals surface area contributed by atoms with Crippen LogP contribution in [0.2, 0.25) is 0 Å². The third-order valence-corrected chi connectivity index (χ3v) is 3.48. The highest BCUT2D eigenvalue weighted by molar-refractivity contribution is 5.94. The van der Waals surface area contributed by atoms with Crippen molar-refractivity contribution < 1.29 is 9.53 Å². The van der Waals surface area contributed by atoms with E-state index in [-0.39, 0.29) is 5.91 Å². The van der Waals surface area contributed by atoms with Crippen molar-refractivity contribution in [1.82, 2.24) is 15.1 Å². The number of aromatic nitrogens is 2. The van der Waals surface area contributed by atoms with Crippen molar-refractivity contribution >= 4 is 5.91 Å². The van der Waals surface area contributed by atoms with Crippen LogP contribution in [0.1, 0.15) is 16.8 Å². The van der Waals surface area contributed by atoms with Gasteiger partial charge in [0.2, 0.25) is 0 Å². The van der Waals surface area contributed by atoms with Crippen molar-refractivity contribution in [2.24, 2.45) is 0 Å². The molecule has 0 aliphatic rings. The highest BCUT2D eigenvalue weighted by atomic mass is 16.5. The molecule has 1 amide bonds. The van der Waals surface area contributed by atoms with E-state index >= 15 is 0 Å². The summed E-state index contributed by atoms with van der Waals surface area (Å²) < 4.78 is 7.60. The number of hydrogen-bond acceptors (Lipinski definition) is 3. The summed E-state index contributed by atoms with van der Waals surface area (Å²) in [6.45, 7) is 1.38. The molecule has 0 bridgehead atoms. The molecule has 122 valence electrons. The van der Waals surface area contributed by atoms with E-state index in [1.54, 1.807) is 18.3 Å². The molecule has 5 nitrogen and oxygen atoms in total. The smallest absolute Gasteiger partial charge is 0.251 e. The Morgan fingerprint density at radius 2 is 1.88 bits per heavy atom. The van der Waals surface area contributed by atoms with Crippen LogP contribution in [0, 0.1) is 0 Å². The molecule has 5 heteroatoms. The summed E-state index contributed by atoms with van der Waals surface area (Å²) in [5.74, 6) is 1.29. The van der Waals surface area contributed by atoms with Gasteiger partial charge in [-0.05, 0) is 42.8 Å². The maximum Gasteiger partial charge on any atom is 0.251 e. The Labute approximate surface area is 140 Å². The van der Waals surface area contributed by atoms with E-state index in [0.717, 1.165) is 18.7 Å². The van der Waals surface area contributed by atoms with Gasteiger partial charge in [0.15, 0.2) is 0 Å². The van der Waals surface area contributed by atoms with Gasteiger partial charge in [-0.2, -0.15) is 5.10 Å². The molecule has 0 atom stereocenters. The minimum atomic E-state index is -0.103. The Bertz CT molecular complexity index is 770. The number of para-hydroxylation sites is 1. The van der Waals surface area contributed by atoms with Gasteiger partial charge in [0, 0.05) is 31.0 Å². The summed E-state index contributed by atoms with van der Waals surface area (Å²) in [4.78, 5) is 12.2. The number of benzene rings is 2. The van der Waals surface area contributed by atoms with Gasteiger partial charge < -0.3 is 10.1 Å². The number of aryl methyl sites for hydroxylation is 1. The monoisotopic (exact) mass is 321 g/mol. The fraction of sp³-hybridized carbons (Fsp3) is 0.158. The second-order valence-corrected chi connectivity index (χ2v) is 5.32. The highest BCUT2D eigenvalue weighted by Gasteiger charge is 2.06. The van der Waals surface area contributed by atoms with Crippen LogP contribution in [0.3, 0.4) is 0 Å². The normalized spacial score (nSPS) is 10.3. The summed E-state index contributed by atoms with van der Waals surface area (Å²) in [6, 6.07) is 18.6. The van der Waals surface area contributed by atoms with E-state index in [0.29, 0.717) is 17.9 Å². The molecular weight excluding hydrogens is 302 g/mol. The average Bonchev–Trinajstić information content (AvgIpc) is 3.13. The zero-order valence-electron chi connectivity index (χ0n) is 13.3. The number of ether oxygens (including phenoxy) is 1. The average molecular weight is 321 g/mol. The van der Waals surface area contributed by atoms with Crippen LogP contribution in [-0.4, -0.2) is 22.2 Å². The number of hydrogen-bond donors (Lipinski definition) is 1. The van der Waals surface area contributed by atoms with E-state index in [1.807, 2.05) is 59.4 Å². The molecule has 0 aliphatic heterocycles. The van der Waals surface area contributed by atoms with Crippen LogP contribution in [0.15, 0.2) is 73.1 Å². The first-order chi connectivity index (χ1) is 11.8. The molecule has 0 spiro atoms. The molecule has 0 fully saturated rings. The first-order valence-electron chi connectivity index (χ1n) is 7.90. The fourth-order valence-corrected chi connectivity index (χ4v) is 2.30. The first-order valence-corrected chi connectivity index (χ1v) is 7.90. The lowest BCUT2D eigenvalue weighted by Gasteiger charge is -2.08. The Kier molecular flexibility index (Phi) is 5.24. The Hall–Kier alpha value is -3.08. The topological polar surface area (TPSA) is 56.2 Å². The van der Waals surface area contributed by atoms with Crippen molar-refractivity contribution in [2.45, 2.75) is 13.0 Å². The minimum Gasteiger partial charge on any atom is -0.457 e. The zero-order chi connectivity index (χ0) is 16.6. The standard InChI is InChI=1S/C19H19N3O2/c23-19(20-11-5-13-22-14-6-12-21-22)16-7-4-10-18(15-16)24-17-8-2-1-3-9-17/h1-4,6-10,12,14-15H,5,11,13H2,(H,20,23). The van der Waals surface area contributed by atoms with Gasteiger partial charge in [0.1, 0.15) is 11.5 Å². The van der Waals surface area contributed by atoms with Crippen LogP contribution >= 0.6 is 0 Å². The van der Waals surface area contributed by atoms with Crippen molar-refractivity contribution in [1.29, 1.82) is 0 Å². The van der Waals surface area contributed by atoms with Crippen LogP contribution < -0.4 is 10.1 Å². The number of carbonyl (C=O) groups is 1. The predicted octanol–water partition coefficient (Wildman–Crippen LogP) is 3.50. The highest BCUT2D eigenvalue weighted by Crippen LogP contribution is 2.21. The Morgan fingerprint density at radius 1 is 1.04 bits per heavy atom. The molecule has 24 heavy (non-hydrogen) atoms. The first kappa shape index (κ1) is 15.8. The zero-order valence-corrected chi connectivity index (χ0v) is 13.3. The maximum absolute atomic E-state index is 12.2. The van der Waals surface area contributed by atoms with Gasteiger partial charge in [0.05, 0.1) is 0 Å². The van der Waals surface area contributed by atoms with E-state index in [2.05, 4.69) is 10.4 Å². The van der Waals surface area contributed by atoms with Crippen LogP contribution in [0.5, 0.6) is 11.5 Å². The molecule has 0 aliphatic carbocycles. The molecule has 0 radical (unpaired) electrons. The van der Waals surface area contributed by atoms with Crippen molar-refractivity contribution in [2.75, 3.05) is 6.54 Å². The van der Waals surface area contributed by atoms with Gasteiger partial charge in [-0.15, -0.1) is 0 Å². The second-order valence-electron chi connectivity index (χ2n) is 5.32. The quantitative estimate of drug-likeness (QED) is 0.678. The molecule has 3 aromatic rings. The SMILES string of the molecule is O=C(NCCCn1cccn1)c1cccc(Oc2ccccc2)c1. The molecule has 2 aromatic carbocycles. The van der Waals surface area contributed by atoms with Crippen molar-refractivity contribution in [3.8, 4) is 11.5 Å². The molecule has 1 aromatic heterocycles. The van der Waals surface area contributed by atoms with Gasteiger partial charge >= 0.3 is 0 Å². The van der Waals surface area contributed by atoms with Gasteiger partial charge in [-0.1, -0.05) is 24.3 Å². The molecule has 0 unspecified atom stereocenters. The lowest BCUT2D eigenvalue weighted by molar-refractivity contribution is 0.0952. The van der Waals surface area contributed by atoms with Gasteiger partial charge in [-0.3, -0.25) is 9.48 Å². The number of carbonyl (C=O) groups excluding carboxylic acids is 1. The molecular formula is C19H19N3O2. The van der Waals surface area contributed by atoms with Crippen LogP contribution in [-0.2, 0) is 6.54 Å².